The van der Waals surface area contributed by atoms with E-state index in [0.29, 0.717) is 23.6 Å². The molecule has 0 aliphatic rings. The van der Waals surface area contributed by atoms with Crippen molar-refractivity contribution >= 4 is 27.5 Å². The van der Waals surface area contributed by atoms with Crippen LogP contribution in [0.1, 0.15) is 39.2 Å². The number of rotatable bonds is 13. The lowest BCUT2D eigenvalue weighted by molar-refractivity contribution is -0.140. The Labute approximate surface area is 214 Å². The smallest absolute Gasteiger partial charge is 0.244 e. The van der Waals surface area contributed by atoms with E-state index in [9.17, 15) is 18.0 Å². The second kappa shape index (κ2) is 13.2. The molecule has 1 N–H and O–H groups in total. The van der Waals surface area contributed by atoms with E-state index in [1.165, 1.54) is 12.0 Å². The van der Waals surface area contributed by atoms with Crippen LogP contribution in [0.4, 0.5) is 5.69 Å². The molecule has 10 heteroatoms. The average Bonchev–Trinajstić information content (AvgIpc) is 2.86. The topological polar surface area (TPSA) is 105 Å². The molecule has 0 heterocycles. The molecule has 0 aliphatic heterocycles. The summed E-state index contributed by atoms with van der Waals surface area (Å²) in [5, 5.41) is 2.95. The predicted octanol–water partition coefficient (Wildman–Crippen LogP) is 3.19. The summed E-state index contributed by atoms with van der Waals surface area (Å²) in [6.07, 6.45) is 2.14. The third kappa shape index (κ3) is 7.87. The van der Waals surface area contributed by atoms with Gasteiger partial charge >= 0.3 is 0 Å². The van der Waals surface area contributed by atoms with Gasteiger partial charge in [-0.3, -0.25) is 13.9 Å². The Kier molecular flexibility index (Phi) is 10.6. The highest BCUT2D eigenvalue weighted by Gasteiger charge is 2.32. The minimum atomic E-state index is -3.82. The Morgan fingerprint density at radius 3 is 2.14 bits per heavy atom. The lowest BCUT2D eigenvalue weighted by Gasteiger charge is -2.33. The summed E-state index contributed by atoms with van der Waals surface area (Å²) >= 11 is 0. The maximum Gasteiger partial charge on any atom is 0.244 e. The van der Waals surface area contributed by atoms with E-state index in [1.807, 2.05) is 26.8 Å². The summed E-state index contributed by atoms with van der Waals surface area (Å²) in [7, 11) is -0.792. The Balaban J connectivity index is 2.47. The van der Waals surface area contributed by atoms with Gasteiger partial charge in [-0.2, -0.15) is 0 Å². The molecule has 2 rings (SSSR count). The summed E-state index contributed by atoms with van der Waals surface area (Å²) in [6.45, 7) is 5.32. The molecule has 0 radical (unpaired) electrons. The van der Waals surface area contributed by atoms with Crippen molar-refractivity contribution in [2.75, 3.05) is 31.3 Å². The molecule has 36 heavy (non-hydrogen) atoms. The van der Waals surface area contributed by atoms with Crippen LogP contribution in [0.2, 0.25) is 0 Å². The summed E-state index contributed by atoms with van der Waals surface area (Å²) in [6, 6.07) is 12.8. The average molecular weight is 520 g/mol. The fourth-order valence-corrected chi connectivity index (χ4v) is 4.55. The number of sulfonamides is 1. The highest BCUT2D eigenvalue weighted by atomic mass is 32.2. The van der Waals surface area contributed by atoms with Crippen LogP contribution >= 0.6 is 0 Å². The van der Waals surface area contributed by atoms with Crippen molar-refractivity contribution in [1.29, 1.82) is 0 Å². The van der Waals surface area contributed by atoms with Gasteiger partial charge in [-0.1, -0.05) is 32.0 Å². The van der Waals surface area contributed by atoms with Crippen molar-refractivity contribution in [2.45, 2.75) is 52.2 Å². The first-order valence-corrected chi connectivity index (χ1v) is 13.7. The standard InChI is InChI=1S/C26H37N3O6S/c1-7-19(3)27-26(31)24(8-2)28(17-20-11-9-13-22(15-20)34-4)25(30)18-29(36(6,32)33)21-12-10-14-23(16-21)35-5/h9-16,19,24H,7-8,17-18H2,1-6H3,(H,27,31)/t19-,24-/m0/s1. The van der Waals surface area contributed by atoms with Crippen molar-refractivity contribution in [2.24, 2.45) is 0 Å². The van der Waals surface area contributed by atoms with Gasteiger partial charge in [0, 0.05) is 18.7 Å². The number of ether oxygens (including phenoxy) is 2. The Morgan fingerprint density at radius 1 is 0.972 bits per heavy atom. The molecule has 0 spiro atoms. The van der Waals surface area contributed by atoms with Gasteiger partial charge in [0.1, 0.15) is 24.1 Å². The van der Waals surface area contributed by atoms with Crippen molar-refractivity contribution in [1.82, 2.24) is 10.2 Å². The Morgan fingerprint density at radius 2 is 1.58 bits per heavy atom. The maximum atomic E-state index is 13.7. The van der Waals surface area contributed by atoms with Gasteiger partial charge in [-0.25, -0.2) is 8.42 Å². The molecule has 2 aromatic carbocycles. The predicted molar refractivity (Wildman–Crippen MR) is 141 cm³/mol. The number of nitrogens with zero attached hydrogens (tertiary/aromatic N) is 2. The van der Waals surface area contributed by atoms with Crippen LogP contribution in [0.3, 0.4) is 0 Å². The first-order valence-electron chi connectivity index (χ1n) is 11.9. The van der Waals surface area contributed by atoms with Crippen LogP contribution in [0.15, 0.2) is 48.5 Å². The van der Waals surface area contributed by atoms with Gasteiger partial charge in [-0.05, 0) is 49.6 Å². The Hall–Kier alpha value is -3.27. The van der Waals surface area contributed by atoms with Gasteiger partial charge in [0.25, 0.3) is 0 Å². The number of hydrogen-bond donors (Lipinski definition) is 1. The van der Waals surface area contributed by atoms with E-state index in [2.05, 4.69) is 5.32 Å². The number of nitrogens with one attached hydrogen (secondary N) is 1. The molecule has 198 valence electrons. The van der Waals surface area contributed by atoms with Crippen molar-refractivity contribution in [3.63, 3.8) is 0 Å². The van der Waals surface area contributed by atoms with Crippen LogP contribution in [0.25, 0.3) is 0 Å². The van der Waals surface area contributed by atoms with E-state index in [-0.39, 0.29) is 18.5 Å². The maximum absolute atomic E-state index is 13.7. The van der Waals surface area contributed by atoms with Gasteiger partial charge < -0.3 is 19.7 Å². The number of methoxy groups -OCH3 is 2. The van der Waals surface area contributed by atoms with Gasteiger partial charge in [0.2, 0.25) is 21.8 Å². The summed E-state index contributed by atoms with van der Waals surface area (Å²) in [5.74, 6) is 0.292. The fraction of sp³-hybridized carbons (Fsp3) is 0.462. The molecular weight excluding hydrogens is 482 g/mol. The molecule has 2 aromatic rings. The fourth-order valence-electron chi connectivity index (χ4n) is 3.71. The number of carbonyl (C=O) groups excluding carboxylic acids is 2. The second-order valence-electron chi connectivity index (χ2n) is 8.59. The largest absolute Gasteiger partial charge is 0.497 e. The third-order valence-electron chi connectivity index (χ3n) is 5.89. The molecule has 2 amide bonds. The van der Waals surface area contributed by atoms with Crippen LogP contribution in [-0.4, -0.2) is 64.2 Å². The van der Waals surface area contributed by atoms with E-state index in [4.69, 9.17) is 9.47 Å². The lowest BCUT2D eigenvalue weighted by Crippen LogP contribution is -2.53. The first kappa shape index (κ1) is 29.0. The number of carbonyl (C=O) groups is 2. The molecule has 0 unspecified atom stereocenters. The number of hydrogen-bond acceptors (Lipinski definition) is 6. The van der Waals surface area contributed by atoms with Crippen LogP contribution in [-0.2, 0) is 26.2 Å². The summed E-state index contributed by atoms with van der Waals surface area (Å²) in [5.41, 5.74) is 1.05. The van der Waals surface area contributed by atoms with Gasteiger partial charge in [0.05, 0.1) is 26.2 Å². The molecular formula is C26H37N3O6S. The number of amides is 2. The first-order chi connectivity index (χ1) is 17.0. The SMILES string of the molecule is CC[C@H](C)NC(=O)[C@H](CC)N(Cc1cccc(OC)c1)C(=O)CN(c1cccc(OC)c1)S(C)(=O)=O. The Bertz CT molecular complexity index is 1140. The molecule has 0 saturated heterocycles. The van der Waals surface area contributed by atoms with E-state index >= 15 is 0 Å². The molecule has 0 saturated carbocycles. The van der Waals surface area contributed by atoms with E-state index in [1.54, 1.807) is 49.6 Å². The zero-order valence-corrected chi connectivity index (χ0v) is 22.7. The van der Waals surface area contributed by atoms with E-state index in [0.717, 1.165) is 22.5 Å². The molecule has 0 bridgehead atoms. The van der Waals surface area contributed by atoms with E-state index < -0.39 is 28.5 Å². The highest BCUT2D eigenvalue weighted by Crippen LogP contribution is 2.24. The molecule has 0 aromatic heterocycles. The molecule has 0 aliphatic carbocycles. The van der Waals surface area contributed by atoms with Gasteiger partial charge in [-0.15, -0.1) is 0 Å². The van der Waals surface area contributed by atoms with Crippen LogP contribution in [0.5, 0.6) is 11.5 Å². The second-order valence-corrected chi connectivity index (χ2v) is 10.5. The molecule has 2 atom stereocenters. The zero-order chi connectivity index (χ0) is 26.9. The third-order valence-corrected chi connectivity index (χ3v) is 7.04. The molecule has 0 fully saturated rings. The zero-order valence-electron chi connectivity index (χ0n) is 21.9. The number of anilines is 1. The summed E-state index contributed by atoms with van der Waals surface area (Å²) < 4.78 is 37.0. The molecule has 9 nitrogen and oxygen atoms in total. The van der Waals surface area contributed by atoms with Crippen molar-refractivity contribution in [3.05, 3.63) is 54.1 Å². The summed E-state index contributed by atoms with van der Waals surface area (Å²) in [4.78, 5) is 28.3. The minimum absolute atomic E-state index is 0.0652. The van der Waals surface area contributed by atoms with Crippen molar-refractivity contribution < 1.29 is 27.5 Å². The lowest BCUT2D eigenvalue weighted by atomic mass is 10.1. The highest BCUT2D eigenvalue weighted by molar-refractivity contribution is 7.92. The van der Waals surface area contributed by atoms with Crippen LogP contribution in [0, 0.1) is 0 Å². The normalized spacial score (nSPS) is 12.8. The minimum Gasteiger partial charge on any atom is -0.497 e. The van der Waals surface area contributed by atoms with Gasteiger partial charge in [0.15, 0.2) is 0 Å². The number of benzene rings is 2. The van der Waals surface area contributed by atoms with Crippen LogP contribution < -0.4 is 19.1 Å². The monoisotopic (exact) mass is 519 g/mol. The van der Waals surface area contributed by atoms with Crippen molar-refractivity contribution in [3.8, 4) is 11.5 Å². The quantitative estimate of drug-likeness (QED) is 0.436.